The molecule has 0 spiro atoms. The zero-order chi connectivity index (χ0) is 19.5. The van der Waals surface area contributed by atoms with Gasteiger partial charge in [-0.1, -0.05) is 36.4 Å². The molecule has 1 unspecified atom stereocenters. The van der Waals surface area contributed by atoms with Gasteiger partial charge in [-0.05, 0) is 30.2 Å². The van der Waals surface area contributed by atoms with E-state index in [1.54, 1.807) is 17.2 Å². The van der Waals surface area contributed by atoms with E-state index in [2.05, 4.69) is 10.3 Å². The van der Waals surface area contributed by atoms with E-state index in [1.165, 1.54) is 6.92 Å². The Morgan fingerprint density at radius 2 is 1.96 bits per heavy atom. The average Bonchev–Trinajstić information content (AvgIpc) is 2.73. The molecule has 6 heteroatoms. The minimum atomic E-state index is -0.732. The van der Waals surface area contributed by atoms with Gasteiger partial charge in [0.1, 0.15) is 5.75 Å². The van der Waals surface area contributed by atoms with E-state index in [9.17, 15) is 9.59 Å². The number of aromatic nitrogens is 1. The van der Waals surface area contributed by atoms with Crippen LogP contribution in [-0.2, 0) is 16.0 Å². The minimum Gasteiger partial charge on any atom is -0.477 e. The molecule has 0 radical (unpaired) electrons. The number of pyridine rings is 1. The molecule has 0 saturated carbocycles. The third kappa shape index (κ3) is 3.53. The number of amides is 2. The summed E-state index contributed by atoms with van der Waals surface area (Å²) in [5.74, 6) is 0.201. The number of anilines is 1. The Labute approximate surface area is 163 Å². The van der Waals surface area contributed by atoms with Gasteiger partial charge in [-0.3, -0.25) is 14.6 Å². The number of carbonyl (C=O) groups excluding carboxylic acids is 2. The Morgan fingerprint density at radius 1 is 1.14 bits per heavy atom. The second-order valence-electron chi connectivity index (χ2n) is 6.74. The molecule has 1 atom stereocenters. The topological polar surface area (TPSA) is 71.5 Å². The third-order valence-corrected chi connectivity index (χ3v) is 4.86. The standard InChI is InChI=1S/C22H21N3O3/c1-15(26)25-14-20(28-19-10-3-2-9-18(19)25)22(27)24-13-11-17-7-4-6-16-8-5-12-23-21(16)17/h2-10,12,20H,11,13-14H2,1H3,(H,24,27). The summed E-state index contributed by atoms with van der Waals surface area (Å²) in [6, 6.07) is 17.2. The molecule has 1 aliphatic heterocycles. The van der Waals surface area contributed by atoms with Crippen molar-refractivity contribution in [3.8, 4) is 5.75 Å². The maximum Gasteiger partial charge on any atom is 0.262 e. The average molecular weight is 375 g/mol. The Bertz CT molecular complexity index is 1030. The fourth-order valence-electron chi connectivity index (χ4n) is 3.47. The molecule has 3 aromatic rings. The molecule has 0 saturated heterocycles. The van der Waals surface area contributed by atoms with E-state index >= 15 is 0 Å². The van der Waals surface area contributed by atoms with E-state index in [1.807, 2.05) is 48.5 Å². The van der Waals surface area contributed by atoms with Gasteiger partial charge in [0, 0.05) is 25.1 Å². The number of carbonyl (C=O) groups is 2. The van der Waals surface area contributed by atoms with Crippen molar-refractivity contribution >= 4 is 28.4 Å². The second kappa shape index (κ2) is 7.68. The van der Waals surface area contributed by atoms with E-state index in [0.29, 0.717) is 24.4 Å². The van der Waals surface area contributed by atoms with Crippen molar-refractivity contribution in [2.45, 2.75) is 19.4 Å². The summed E-state index contributed by atoms with van der Waals surface area (Å²) in [7, 11) is 0. The van der Waals surface area contributed by atoms with Crippen molar-refractivity contribution in [1.82, 2.24) is 10.3 Å². The summed E-state index contributed by atoms with van der Waals surface area (Å²) >= 11 is 0. The number of fused-ring (bicyclic) bond motifs is 2. The summed E-state index contributed by atoms with van der Waals surface area (Å²) in [6.45, 7) is 2.16. The van der Waals surface area contributed by atoms with Gasteiger partial charge < -0.3 is 15.0 Å². The normalized spacial score (nSPS) is 15.6. The Kier molecular flexibility index (Phi) is 4.93. The second-order valence-corrected chi connectivity index (χ2v) is 6.74. The van der Waals surface area contributed by atoms with Crippen molar-refractivity contribution in [3.63, 3.8) is 0 Å². The van der Waals surface area contributed by atoms with Gasteiger partial charge in [0.15, 0.2) is 6.10 Å². The van der Waals surface area contributed by atoms with Crippen LogP contribution in [0, 0.1) is 0 Å². The summed E-state index contributed by atoms with van der Waals surface area (Å²) in [4.78, 5) is 30.6. The fourth-order valence-corrected chi connectivity index (χ4v) is 3.47. The van der Waals surface area contributed by atoms with Crippen LogP contribution < -0.4 is 15.0 Å². The molecule has 2 heterocycles. The molecule has 28 heavy (non-hydrogen) atoms. The van der Waals surface area contributed by atoms with Crippen LogP contribution in [-0.4, -0.2) is 36.0 Å². The summed E-state index contributed by atoms with van der Waals surface area (Å²) in [5, 5.41) is 4.01. The predicted molar refractivity (Wildman–Crippen MR) is 107 cm³/mol. The molecule has 4 rings (SSSR count). The summed E-state index contributed by atoms with van der Waals surface area (Å²) in [5.41, 5.74) is 2.73. The van der Waals surface area contributed by atoms with Gasteiger partial charge in [0.05, 0.1) is 17.7 Å². The highest BCUT2D eigenvalue weighted by Crippen LogP contribution is 2.33. The number of hydrogen-bond donors (Lipinski definition) is 1. The van der Waals surface area contributed by atoms with Crippen LogP contribution in [0.3, 0.4) is 0 Å². The lowest BCUT2D eigenvalue weighted by Gasteiger charge is -2.33. The van der Waals surface area contributed by atoms with Gasteiger partial charge in [-0.25, -0.2) is 0 Å². The first kappa shape index (κ1) is 18.0. The molecule has 6 nitrogen and oxygen atoms in total. The molecular weight excluding hydrogens is 354 g/mol. The molecule has 2 amide bonds. The molecule has 0 bridgehead atoms. The van der Waals surface area contributed by atoms with Crippen molar-refractivity contribution in [2.24, 2.45) is 0 Å². The zero-order valence-corrected chi connectivity index (χ0v) is 15.6. The van der Waals surface area contributed by atoms with Crippen molar-refractivity contribution < 1.29 is 14.3 Å². The Morgan fingerprint density at radius 3 is 2.82 bits per heavy atom. The van der Waals surface area contributed by atoms with Crippen LogP contribution in [0.25, 0.3) is 10.9 Å². The maximum atomic E-state index is 12.6. The molecule has 1 N–H and O–H groups in total. The highest BCUT2D eigenvalue weighted by atomic mass is 16.5. The van der Waals surface area contributed by atoms with Crippen LogP contribution in [0.1, 0.15) is 12.5 Å². The van der Waals surface area contributed by atoms with Gasteiger partial charge in [-0.15, -0.1) is 0 Å². The van der Waals surface area contributed by atoms with Gasteiger partial charge in [-0.2, -0.15) is 0 Å². The van der Waals surface area contributed by atoms with E-state index in [4.69, 9.17) is 4.74 Å². The third-order valence-electron chi connectivity index (χ3n) is 4.86. The Hall–Kier alpha value is -3.41. The van der Waals surface area contributed by atoms with E-state index < -0.39 is 6.10 Å². The zero-order valence-electron chi connectivity index (χ0n) is 15.6. The van der Waals surface area contributed by atoms with Crippen LogP contribution in [0.15, 0.2) is 60.8 Å². The molecular formula is C22H21N3O3. The van der Waals surface area contributed by atoms with E-state index in [0.717, 1.165) is 16.5 Å². The monoisotopic (exact) mass is 375 g/mol. The first-order valence-electron chi connectivity index (χ1n) is 9.27. The largest absolute Gasteiger partial charge is 0.477 e. The Balaban J connectivity index is 1.42. The van der Waals surface area contributed by atoms with E-state index in [-0.39, 0.29) is 18.4 Å². The lowest BCUT2D eigenvalue weighted by atomic mass is 10.1. The smallest absolute Gasteiger partial charge is 0.262 e. The van der Waals surface area contributed by atoms with Crippen LogP contribution in [0.4, 0.5) is 5.69 Å². The van der Waals surface area contributed by atoms with Gasteiger partial charge in [0.2, 0.25) is 5.91 Å². The number of hydrogen-bond acceptors (Lipinski definition) is 4. The lowest BCUT2D eigenvalue weighted by molar-refractivity contribution is -0.128. The predicted octanol–water partition coefficient (Wildman–Crippen LogP) is 2.71. The highest BCUT2D eigenvalue weighted by Gasteiger charge is 2.32. The highest BCUT2D eigenvalue weighted by molar-refractivity contribution is 5.95. The minimum absolute atomic E-state index is 0.115. The number of benzene rings is 2. The quantitative estimate of drug-likeness (QED) is 0.761. The van der Waals surface area contributed by atoms with Gasteiger partial charge >= 0.3 is 0 Å². The van der Waals surface area contributed by atoms with Crippen LogP contribution in [0.5, 0.6) is 5.75 Å². The number of ether oxygens (including phenoxy) is 1. The maximum absolute atomic E-state index is 12.6. The van der Waals surface area contributed by atoms with Crippen LogP contribution >= 0.6 is 0 Å². The number of para-hydroxylation sites is 3. The number of nitrogens with one attached hydrogen (secondary N) is 1. The molecule has 142 valence electrons. The van der Waals surface area contributed by atoms with Gasteiger partial charge in [0.25, 0.3) is 5.91 Å². The lowest BCUT2D eigenvalue weighted by Crippen LogP contribution is -2.50. The molecule has 0 aliphatic carbocycles. The van der Waals surface area contributed by atoms with Crippen molar-refractivity contribution in [3.05, 3.63) is 66.4 Å². The number of nitrogens with zero attached hydrogens (tertiary/aromatic N) is 2. The van der Waals surface area contributed by atoms with Crippen molar-refractivity contribution in [2.75, 3.05) is 18.0 Å². The first-order valence-corrected chi connectivity index (χ1v) is 9.27. The van der Waals surface area contributed by atoms with Crippen molar-refractivity contribution in [1.29, 1.82) is 0 Å². The fraction of sp³-hybridized carbons (Fsp3) is 0.227. The number of rotatable bonds is 4. The first-order chi connectivity index (χ1) is 13.6. The summed E-state index contributed by atoms with van der Waals surface area (Å²) < 4.78 is 5.83. The SMILES string of the molecule is CC(=O)N1CC(C(=O)NCCc2cccc3cccnc23)Oc2ccccc21. The molecule has 2 aromatic carbocycles. The molecule has 0 fully saturated rings. The summed E-state index contributed by atoms with van der Waals surface area (Å²) in [6.07, 6.45) is 1.71. The van der Waals surface area contributed by atoms with Crippen LogP contribution in [0.2, 0.25) is 0 Å². The molecule has 1 aromatic heterocycles. The molecule has 1 aliphatic rings.